The van der Waals surface area contributed by atoms with E-state index >= 15 is 0 Å². The Morgan fingerprint density at radius 3 is 2.81 bits per heavy atom. The van der Waals surface area contributed by atoms with Crippen LogP contribution in [0.4, 0.5) is 4.79 Å². The number of hydrogen-bond donors (Lipinski definition) is 1. The van der Waals surface area contributed by atoms with E-state index in [0.717, 1.165) is 19.5 Å². The molecule has 3 aliphatic rings. The molecule has 0 spiro atoms. The summed E-state index contributed by atoms with van der Waals surface area (Å²) in [6.07, 6.45) is 0.894. The largest absolute Gasteiger partial charge is 0.456 e. The Kier molecular flexibility index (Phi) is 3.86. The van der Waals surface area contributed by atoms with Gasteiger partial charge in [0.2, 0.25) is 0 Å². The van der Waals surface area contributed by atoms with Gasteiger partial charge in [0.1, 0.15) is 6.61 Å². The van der Waals surface area contributed by atoms with Crippen LogP contribution in [0, 0.1) is 0 Å². The molecule has 2 amide bonds. The summed E-state index contributed by atoms with van der Waals surface area (Å²) in [5.74, 6) is -0.326. The van der Waals surface area contributed by atoms with Gasteiger partial charge in [-0.3, -0.25) is 4.90 Å². The number of carbonyl (C=O) groups is 2. The SMILES string of the molecule is CO[C@@H]1CNCC[C@H]1N1CCN(C2=C(C)C(=O)OC2)C1=O. The van der Waals surface area contributed by atoms with Crippen molar-refractivity contribution in [1.82, 2.24) is 15.1 Å². The van der Waals surface area contributed by atoms with E-state index in [1.807, 2.05) is 4.90 Å². The fraction of sp³-hybridized carbons (Fsp3) is 0.714. The molecule has 0 aromatic carbocycles. The second-order valence-electron chi connectivity index (χ2n) is 5.61. The molecule has 3 heterocycles. The average molecular weight is 295 g/mol. The van der Waals surface area contributed by atoms with Crippen molar-refractivity contribution < 1.29 is 19.1 Å². The van der Waals surface area contributed by atoms with E-state index < -0.39 is 0 Å². The van der Waals surface area contributed by atoms with Crippen LogP contribution in [0.3, 0.4) is 0 Å². The van der Waals surface area contributed by atoms with Gasteiger partial charge in [-0.1, -0.05) is 0 Å². The van der Waals surface area contributed by atoms with Crippen molar-refractivity contribution >= 4 is 12.0 Å². The Hall–Kier alpha value is -1.60. The molecule has 0 unspecified atom stereocenters. The first kappa shape index (κ1) is 14.3. The lowest BCUT2D eigenvalue weighted by Crippen LogP contribution is -2.54. The number of rotatable bonds is 3. The van der Waals surface area contributed by atoms with Crippen molar-refractivity contribution in [3.8, 4) is 0 Å². The first-order chi connectivity index (χ1) is 10.1. The molecule has 3 aliphatic heterocycles. The Balaban J connectivity index is 1.76. The Labute approximate surface area is 123 Å². The normalized spacial score (nSPS) is 30.4. The molecule has 0 aromatic rings. The summed E-state index contributed by atoms with van der Waals surface area (Å²) in [6.45, 7) is 4.82. The number of hydrogen-bond acceptors (Lipinski definition) is 5. The zero-order chi connectivity index (χ0) is 15.0. The van der Waals surface area contributed by atoms with Crippen molar-refractivity contribution in [3.05, 3.63) is 11.3 Å². The van der Waals surface area contributed by atoms with E-state index in [1.165, 1.54) is 0 Å². The lowest BCUT2D eigenvalue weighted by atomic mass is 10.0. The molecule has 0 radical (unpaired) electrons. The summed E-state index contributed by atoms with van der Waals surface area (Å²) >= 11 is 0. The van der Waals surface area contributed by atoms with Gasteiger partial charge in [0.05, 0.1) is 23.4 Å². The number of urea groups is 1. The number of nitrogens with one attached hydrogen (secondary N) is 1. The second kappa shape index (κ2) is 5.65. The number of cyclic esters (lactones) is 1. The second-order valence-corrected chi connectivity index (χ2v) is 5.61. The van der Waals surface area contributed by atoms with Crippen LogP contribution in [-0.2, 0) is 14.3 Å². The molecule has 0 aromatic heterocycles. The van der Waals surface area contributed by atoms with Gasteiger partial charge in [-0.15, -0.1) is 0 Å². The smallest absolute Gasteiger partial charge is 0.336 e. The first-order valence-electron chi connectivity index (χ1n) is 7.32. The van der Waals surface area contributed by atoms with Gasteiger partial charge in [0, 0.05) is 26.7 Å². The molecule has 2 fully saturated rings. The van der Waals surface area contributed by atoms with Crippen molar-refractivity contribution in [1.29, 1.82) is 0 Å². The average Bonchev–Trinajstić information content (AvgIpc) is 3.03. The molecule has 21 heavy (non-hydrogen) atoms. The van der Waals surface area contributed by atoms with E-state index in [0.29, 0.717) is 24.4 Å². The molecule has 7 nitrogen and oxygen atoms in total. The maximum Gasteiger partial charge on any atom is 0.336 e. The van der Waals surface area contributed by atoms with Crippen LogP contribution in [0.25, 0.3) is 0 Å². The van der Waals surface area contributed by atoms with Crippen LogP contribution in [0.5, 0.6) is 0 Å². The van der Waals surface area contributed by atoms with Crippen LogP contribution < -0.4 is 5.32 Å². The van der Waals surface area contributed by atoms with Crippen LogP contribution in [0.1, 0.15) is 13.3 Å². The Bertz CT molecular complexity index is 491. The summed E-state index contributed by atoms with van der Waals surface area (Å²) in [7, 11) is 1.68. The summed E-state index contributed by atoms with van der Waals surface area (Å²) in [6, 6.07) is 0.0456. The lowest BCUT2D eigenvalue weighted by molar-refractivity contribution is -0.136. The zero-order valence-corrected chi connectivity index (χ0v) is 12.4. The number of methoxy groups -OCH3 is 1. The minimum Gasteiger partial charge on any atom is -0.456 e. The van der Waals surface area contributed by atoms with Gasteiger partial charge in [-0.2, -0.15) is 0 Å². The highest BCUT2D eigenvalue weighted by Gasteiger charge is 2.41. The molecule has 3 rings (SSSR count). The van der Waals surface area contributed by atoms with Crippen LogP contribution in [0.2, 0.25) is 0 Å². The number of esters is 1. The van der Waals surface area contributed by atoms with Gasteiger partial charge in [0.25, 0.3) is 0 Å². The third kappa shape index (κ3) is 2.40. The summed E-state index contributed by atoms with van der Waals surface area (Å²) < 4.78 is 10.5. The number of nitrogens with zero attached hydrogens (tertiary/aromatic N) is 2. The molecular formula is C14H21N3O4. The number of piperidine rings is 1. The molecule has 0 bridgehead atoms. The molecule has 116 valence electrons. The molecule has 0 saturated carbocycles. The molecular weight excluding hydrogens is 274 g/mol. The predicted molar refractivity (Wildman–Crippen MR) is 74.5 cm³/mol. The molecule has 1 N–H and O–H groups in total. The fourth-order valence-corrected chi connectivity index (χ4v) is 3.27. The van der Waals surface area contributed by atoms with Gasteiger partial charge < -0.3 is 19.7 Å². The highest BCUT2D eigenvalue weighted by atomic mass is 16.5. The topological polar surface area (TPSA) is 71.1 Å². The van der Waals surface area contributed by atoms with Crippen LogP contribution in [-0.4, -0.2) is 73.8 Å². The number of ether oxygens (including phenoxy) is 2. The van der Waals surface area contributed by atoms with Gasteiger partial charge >= 0.3 is 12.0 Å². The Morgan fingerprint density at radius 2 is 2.14 bits per heavy atom. The van der Waals surface area contributed by atoms with Gasteiger partial charge in [0.15, 0.2) is 0 Å². The molecule has 7 heteroatoms. The number of amides is 2. The quantitative estimate of drug-likeness (QED) is 0.738. The molecule has 2 atom stereocenters. The van der Waals surface area contributed by atoms with Crippen LogP contribution in [0.15, 0.2) is 11.3 Å². The van der Waals surface area contributed by atoms with E-state index in [1.54, 1.807) is 18.9 Å². The highest BCUT2D eigenvalue weighted by molar-refractivity contribution is 5.92. The summed E-state index contributed by atoms with van der Waals surface area (Å²) in [5, 5.41) is 3.28. The molecule has 0 aliphatic carbocycles. The van der Waals surface area contributed by atoms with Gasteiger partial charge in [-0.25, -0.2) is 9.59 Å². The molecule has 2 saturated heterocycles. The zero-order valence-electron chi connectivity index (χ0n) is 12.4. The fourth-order valence-electron chi connectivity index (χ4n) is 3.27. The highest BCUT2D eigenvalue weighted by Crippen LogP contribution is 2.27. The van der Waals surface area contributed by atoms with E-state index in [4.69, 9.17) is 9.47 Å². The standard InChI is InChI=1S/C14H21N3O4/c1-9-11(8-21-13(9)18)17-6-5-16(14(17)19)10-3-4-15-7-12(10)20-2/h10,12,15H,3-8H2,1-2H3/t10-,12-/m1/s1. The first-order valence-corrected chi connectivity index (χ1v) is 7.32. The monoisotopic (exact) mass is 295 g/mol. The third-order valence-corrected chi connectivity index (χ3v) is 4.54. The van der Waals surface area contributed by atoms with E-state index in [9.17, 15) is 9.59 Å². The van der Waals surface area contributed by atoms with Crippen molar-refractivity contribution in [3.63, 3.8) is 0 Å². The maximum absolute atomic E-state index is 12.7. The van der Waals surface area contributed by atoms with Gasteiger partial charge in [-0.05, 0) is 19.9 Å². The number of carbonyl (C=O) groups excluding carboxylic acids is 2. The summed E-state index contributed by atoms with van der Waals surface area (Å²) in [5.41, 5.74) is 1.24. The third-order valence-electron chi connectivity index (χ3n) is 4.54. The minimum atomic E-state index is -0.326. The van der Waals surface area contributed by atoms with Crippen molar-refractivity contribution in [2.45, 2.75) is 25.5 Å². The van der Waals surface area contributed by atoms with Crippen molar-refractivity contribution in [2.75, 3.05) is 39.9 Å². The predicted octanol–water partition coefficient (Wildman–Crippen LogP) is -0.0683. The van der Waals surface area contributed by atoms with E-state index in [-0.39, 0.29) is 30.8 Å². The summed E-state index contributed by atoms with van der Waals surface area (Å²) in [4.78, 5) is 27.7. The lowest BCUT2D eigenvalue weighted by Gasteiger charge is -2.37. The van der Waals surface area contributed by atoms with E-state index in [2.05, 4.69) is 5.32 Å². The van der Waals surface area contributed by atoms with Crippen LogP contribution >= 0.6 is 0 Å². The Morgan fingerprint density at radius 1 is 1.33 bits per heavy atom. The van der Waals surface area contributed by atoms with Crippen molar-refractivity contribution in [2.24, 2.45) is 0 Å². The minimum absolute atomic E-state index is 0.0131. The maximum atomic E-state index is 12.7.